The van der Waals surface area contributed by atoms with Gasteiger partial charge in [-0.3, -0.25) is 19.4 Å². The molecule has 1 aromatic rings. The smallest absolute Gasteiger partial charge is 0.265 e. The highest BCUT2D eigenvalue weighted by Crippen LogP contribution is 1.87. The molecule has 0 aromatic carbocycles. The van der Waals surface area contributed by atoms with E-state index in [9.17, 15) is 9.59 Å². The lowest BCUT2D eigenvalue weighted by Crippen LogP contribution is -2.27. The van der Waals surface area contributed by atoms with Gasteiger partial charge in [0.05, 0.1) is 0 Å². The number of hydrogen-bond donors (Lipinski definition) is 1. The highest BCUT2D eigenvalue weighted by molar-refractivity contribution is 4.87. The van der Waals surface area contributed by atoms with Gasteiger partial charge in [0.1, 0.15) is 0 Å². The molecule has 0 saturated heterocycles. The SMILES string of the molecule is C#CCCCn1[nH]c(=O)ccc1=O. The van der Waals surface area contributed by atoms with Crippen LogP contribution in [-0.4, -0.2) is 9.78 Å². The van der Waals surface area contributed by atoms with Crippen LogP contribution in [0.15, 0.2) is 21.7 Å². The van der Waals surface area contributed by atoms with Crippen LogP contribution in [0.1, 0.15) is 12.8 Å². The van der Waals surface area contributed by atoms with E-state index in [-0.39, 0.29) is 11.1 Å². The summed E-state index contributed by atoms with van der Waals surface area (Å²) in [5, 5.41) is 2.41. The summed E-state index contributed by atoms with van der Waals surface area (Å²) >= 11 is 0. The Morgan fingerprint density at radius 2 is 2.23 bits per heavy atom. The molecule has 13 heavy (non-hydrogen) atoms. The molecule has 4 heteroatoms. The van der Waals surface area contributed by atoms with Gasteiger partial charge in [0, 0.05) is 25.1 Å². The van der Waals surface area contributed by atoms with E-state index in [1.54, 1.807) is 0 Å². The minimum Gasteiger partial charge on any atom is -0.268 e. The van der Waals surface area contributed by atoms with E-state index in [4.69, 9.17) is 6.42 Å². The number of nitrogens with one attached hydrogen (secondary N) is 1. The van der Waals surface area contributed by atoms with Crippen molar-refractivity contribution >= 4 is 0 Å². The molecule has 4 nitrogen and oxygen atoms in total. The van der Waals surface area contributed by atoms with Gasteiger partial charge in [0.15, 0.2) is 0 Å². The van der Waals surface area contributed by atoms with Gasteiger partial charge in [-0.05, 0) is 6.42 Å². The fraction of sp³-hybridized carbons (Fsp3) is 0.333. The Kier molecular flexibility index (Phi) is 3.09. The van der Waals surface area contributed by atoms with E-state index >= 15 is 0 Å². The predicted octanol–water partition coefficient (Wildman–Crippen LogP) is -0.0500. The molecule has 1 aromatic heterocycles. The van der Waals surface area contributed by atoms with E-state index in [0.29, 0.717) is 19.4 Å². The van der Waals surface area contributed by atoms with E-state index in [1.807, 2.05) is 0 Å². The molecule has 0 spiro atoms. The van der Waals surface area contributed by atoms with Gasteiger partial charge in [-0.1, -0.05) is 0 Å². The van der Waals surface area contributed by atoms with Crippen molar-refractivity contribution in [3.63, 3.8) is 0 Å². The standard InChI is InChI=1S/C9H10N2O2/c1-2-3-4-7-11-9(13)6-5-8(12)10-11/h1,5-6H,3-4,7H2,(H,10,12). The number of unbranched alkanes of at least 4 members (excludes halogenated alkanes) is 1. The van der Waals surface area contributed by atoms with Crippen molar-refractivity contribution in [2.75, 3.05) is 0 Å². The van der Waals surface area contributed by atoms with Crippen molar-refractivity contribution in [3.05, 3.63) is 32.8 Å². The highest BCUT2D eigenvalue weighted by atomic mass is 16.1. The van der Waals surface area contributed by atoms with Crippen molar-refractivity contribution in [3.8, 4) is 12.3 Å². The second-order valence-corrected chi connectivity index (χ2v) is 2.61. The maximum atomic E-state index is 11.1. The van der Waals surface area contributed by atoms with E-state index in [1.165, 1.54) is 16.8 Å². The van der Waals surface area contributed by atoms with Crippen LogP contribution in [0.25, 0.3) is 0 Å². The minimum atomic E-state index is -0.277. The van der Waals surface area contributed by atoms with Crippen LogP contribution in [0.3, 0.4) is 0 Å². The molecule has 1 heterocycles. The number of aromatic nitrogens is 2. The summed E-state index contributed by atoms with van der Waals surface area (Å²) in [6.45, 7) is 0.457. The van der Waals surface area contributed by atoms with Gasteiger partial charge in [-0.15, -0.1) is 12.3 Å². The third-order valence-corrected chi connectivity index (χ3v) is 1.59. The average Bonchev–Trinajstić information content (AvgIpc) is 2.11. The van der Waals surface area contributed by atoms with Crippen LogP contribution >= 0.6 is 0 Å². The molecular weight excluding hydrogens is 168 g/mol. The zero-order valence-electron chi connectivity index (χ0n) is 7.12. The summed E-state index contributed by atoms with van der Waals surface area (Å²) in [4.78, 5) is 21.9. The predicted molar refractivity (Wildman–Crippen MR) is 49.4 cm³/mol. The maximum Gasteiger partial charge on any atom is 0.265 e. The Balaban J connectivity index is 2.77. The Morgan fingerprint density at radius 3 is 2.92 bits per heavy atom. The fourth-order valence-electron chi connectivity index (χ4n) is 0.968. The summed E-state index contributed by atoms with van der Waals surface area (Å²) in [5.41, 5.74) is -0.489. The normalized spacial score (nSPS) is 9.46. The third kappa shape index (κ3) is 2.64. The molecule has 1 rings (SSSR count). The second kappa shape index (κ2) is 4.31. The Hall–Kier alpha value is -1.76. The van der Waals surface area contributed by atoms with Gasteiger partial charge in [-0.2, -0.15) is 0 Å². The van der Waals surface area contributed by atoms with Crippen LogP contribution in [0.4, 0.5) is 0 Å². The maximum absolute atomic E-state index is 11.1. The van der Waals surface area contributed by atoms with Crippen LogP contribution in [-0.2, 0) is 6.54 Å². The van der Waals surface area contributed by atoms with Gasteiger partial charge < -0.3 is 0 Å². The van der Waals surface area contributed by atoms with Gasteiger partial charge >= 0.3 is 0 Å². The molecule has 0 fully saturated rings. The van der Waals surface area contributed by atoms with Gasteiger partial charge in [0.2, 0.25) is 0 Å². The Morgan fingerprint density at radius 1 is 1.46 bits per heavy atom. The molecule has 0 bridgehead atoms. The fourth-order valence-corrected chi connectivity index (χ4v) is 0.968. The summed E-state index contributed by atoms with van der Waals surface area (Å²) < 4.78 is 1.26. The van der Waals surface area contributed by atoms with Crippen LogP contribution in [0.5, 0.6) is 0 Å². The number of nitrogens with zero attached hydrogens (tertiary/aromatic N) is 1. The minimum absolute atomic E-state index is 0.211. The zero-order valence-corrected chi connectivity index (χ0v) is 7.12. The molecule has 0 amide bonds. The van der Waals surface area contributed by atoms with Gasteiger partial charge in [-0.25, -0.2) is 0 Å². The van der Waals surface area contributed by atoms with Crippen molar-refractivity contribution in [1.82, 2.24) is 9.78 Å². The molecule has 0 aliphatic carbocycles. The first-order valence-corrected chi connectivity index (χ1v) is 3.97. The molecule has 0 aliphatic rings. The lowest BCUT2D eigenvalue weighted by Gasteiger charge is -2.01. The highest BCUT2D eigenvalue weighted by Gasteiger charge is 1.94. The summed E-state index contributed by atoms with van der Waals surface area (Å²) in [5.74, 6) is 2.46. The van der Waals surface area contributed by atoms with Crippen LogP contribution in [0, 0.1) is 12.3 Å². The number of terminal acetylenes is 1. The first kappa shape index (κ1) is 9.33. The Bertz CT molecular complexity index is 422. The Labute approximate surface area is 75.2 Å². The molecule has 0 unspecified atom stereocenters. The van der Waals surface area contributed by atoms with Crippen molar-refractivity contribution in [2.45, 2.75) is 19.4 Å². The third-order valence-electron chi connectivity index (χ3n) is 1.59. The lowest BCUT2D eigenvalue weighted by molar-refractivity contribution is 0.548. The molecule has 1 N–H and O–H groups in total. The van der Waals surface area contributed by atoms with Crippen molar-refractivity contribution in [1.29, 1.82) is 0 Å². The number of rotatable bonds is 3. The molecule has 68 valence electrons. The van der Waals surface area contributed by atoms with Crippen molar-refractivity contribution < 1.29 is 0 Å². The topological polar surface area (TPSA) is 54.9 Å². The molecular formula is C9H10N2O2. The number of hydrogen-bond acceptors (Lipinski definition) is 2. The monoisotopic (exact) mass is 178 g/mol. The quantitative estimate of drug-likeness (QED) is 0.521. The summed E-state index contributed by atoms with van der Waals surface area (Å²) in [6.07, 6.45) is 6.34. The molecule has 0 radical (unpaired) electrons. The number of aryl methyl sites for hydroxylation is 1. The van der Waals surface area contributed by atoms with Crippen molar-refractivity contribution in [2.24, 2.45) is 0 Å². The molecule has 0 saturated carbocycles. The van der Waals surface area contributed by atoms with E-state index in [2.05, 4.69) is 11.0 Å². The van der Waals surface area contributed by atoms with Gasteiger partial charge in [0.25, 0.3) is 11.1 Å². The first-order valence-electron chi connectivity index (χ1n) is 3.97. The summed E-state index contributed by atoms with van der Waals surface area (Å²) in [6, 6.07) is 2.45. The lowest BCUT2D eigenvalue weighted by atomic mass is 10.3. The average molecular weight is 178 g/mol. The van der Waals surface area contributed by atoms with Crippen LogP contribution in [0.2, 0.25) is 0 Å². The van der Waals surface area contributed by atoms with Crippen LogP contribution < -0.4 is 11.1 Å². The molecule has 0 aliphatic heterocycles. The zero-order chi connectivity index (χ0) is 9.68. The van der Waals surface area contributed by atoms with E-state index < -0.39 is 0 Å². The largest absolute Gasteiger partial charge is 0.268 e. The number of aromatic amines is 1. The number of H-pyrrole nitrogens is 1. The first-order chi connectivity index (χ1) is 6.24. The molecule has 0 atom stereocenters. The summed E-state index contributed by atoms with van der Waals surface area (Å²) in [7, 11) is 0. The second-order valence-electron chi connectivity index (χ2n) is 2.61. The van der Waals surface area contributed by atoms with E-state index in [0.717, 1.165) is 0 Å².